The van der Waals surface area contributed by atoms with Gasteiger partial charge in [-0.05, 0) is 14.1 Å². The molecule has 1 heterocycles. The molecule has 1 atom stereocenters. The van der Waals surface area contributed by atoms with E-state index >= 15 is 0 Å². The van der Waals surface area contributed by atoms with Gasteiger partial charge in [-0.15, -0.1) is 0 Å². The van der Waals surface area contributed by atoms with Crippen molar-refractivity contribution in [3.05, 3.63) is 11.9 Å². The van der Waals surface area contributed by atoms with Gasteiger partial charge in [-0.25, -0.2) is 0 Å². The van der Waals surface area contributed by atoms with Crippen LogP contribution in [0.1, 0.15) is 6.92 Å². The average molecular weight is 183 g/mol. The van der Waals surface area contributed by atoms with Crippen LogP contribution in [0.3, 0.4) is 0 Å². The molecule has 0 aromatic heterocycles. The molecule has 1 unspecified atom stereocenters. The van der Waals surface area contributed by atoms with E-state index in [2.05, 4.69) is 4.90 Å². The molecule has 0 N–H and O–H groups in total. The summed E-state index contributed by atoms with van der Waals surface area (Å²) in [5, 5.41) is 0. The summed E-state index contributed by atoms with van der Waals surface area (Å²) in [6.45, 7) is 1.59. The van der Waals surface area contributed by atoms with Gasteiger partial charge in [-0.1, -0.05) is 0 Å². The minimum atomic E-state index is 0.110. The van der Waals surface area contributed by atoms with Crippen LogP contribution >= 0.6 is 0 Å². The molecule has 0 spiro atoms. The zero-order valence-corrected chi connectivity index (χ0v) is 8.90. The number of carbonyl (C=O) groups is 1. The minimum absolute atomic E-state index is 0.110. The van der Waals surface area contributed by atoms with E-state index < -0.39 is 0 Å². The largest absolute Gasteiger partial charge is 0.346 e. The summed E-state index contributed by atoms with van der Waals surface area (Å²) in [6.07, 6.45) is 2.03. The van der Waals surface area contributed by atoms with Gasteiger partial charge in [0.2, 0.25) is 0 Å². The lowest BCUT2D eigenvalue weighted by Crippen LogP contribution is -2.46. The number of carbonyl (C=O) groups excluding carboxylic acids is 1. The smallest absolute Gasteiger partial charge is 0.177 e. The maximum atomic E-state index is 11.2. The minimum Gasteiger partial charge on any atom is -0.346 e. The van der Waals surface area contributed by atoms with E-state index in [9.17, 15) is 4.79 Å². The molecule has 0 saturated carbocycles. The van der Waals surface area contributed by atoms with Gasteiger partial charge < -0.3 is 9.80 Å². The molecule has 0 saturated heterocycles. The van der Waals surface area contributed by atoms with Crippen LogP contribution in [0.5, 0.6) is 0 Å². The Bertz CT molecular complexity index is 247. The summed E-state index contributed by atoms with van der Waals surface area (Å²) in [4.78, 5) is 17.3. The van der Waals surface area contributed by atoms with Crippen molar-refractivity contribution in [1.29, 1.82) is 0 Å². The number of Topliss-reactive ketones (excluding diaryl/α,β-unsaturated/α-hetero) is 1. The van der Waals surface area contributed by atoms with Gasteiger partial charge in [-0.2, -0.15) is 0 Å². The highest BCUT2D eigenvalue weighted by Crippen LogP contribution is 2.20. The van der Waals surface area contributed by atoms with Gasteiger partial charge in [0.1, 0.15) is 0 Å². The standard InChI is InChI=1S/C9H17N3O/c1-7(13)8-6-11(4)9(10(2)3)12(8)5/h6,9H,1-5H3. The summed E-state index contributed by atoms with van der Waals surface area (Å²) >= 11 is 0. The zero-order valence-electron chi connectivity index (χ0n) is 8.90. The third-order valence-electron chi connectivity index (χ3n) is 2.24. The van der Waals surface area contributed by atoms with Crippen molar-refractivity contribution in [3.8, 4) is 0 Å². The Kier molecular flexibility index (Phi) is 2.61. The molecule has 0 aromatic rings. The molecule has 0 amide bonds. The second-order valence-corrected chi connectivity index (χ2v) is 3.66. The summed E-state index contributed by atoms with van der Waals surface area (Å²) in [5.41, 5.74) is 0.765. The number of hydrogen-bond donors (Lipinski definition) is 0. The van der Waals surface area contributed by atoms with Crippen molar-refractivity contribution < 1.29 is 4.79 Å². The van der Waals surface area contributed by atoms with Gasteiger partial charge in [0, 0.05) is 27.2 Å². The maximum Gasteiger partial charge on any atom is 0.177 e. The van der Waals surface area contributed by atoms with Crippen LogP contribution in [0.25, 0.3) is 0 Å². The van der Waals surface area contributed by atoms with E-state index in [0.29, 0.717) is 0 Å². The number of allylic oxidation sites excluding steroid dienone is 1. The lowest BCUT2D eigenvalue weighted by molar-refractivity contribution is -0.115. The monoisotopic (exact) mass is 183 g/mol. The Morgan fingerprint density at radius 1 is 1.46 bits per heavy atom. The molecule has 4 heteroatoms. The normalized spacial score (nSPS) is 22.6. The number of ketones is 1. The molecule has 0 bridgehead atoms. The molecule has 13 heavy (non-hydrogen) atoms. The number of likely N-dealkylation sites (N-methyl/N-ethyl adjacent to an activating group) is 1. The Morgan fingerprint density at radius 3 is 2.23 bits per heavy atom. The van der Waals surface area contributed by atoms with Crippen LogP contribution in [-0.4, -0.2) is 55.0 Å². The SMILES string of the molecule is CC(=O)C1=CN(C)C(N(C)C)N1C. The van der Waals surface area contributed by atoms with Crippen molar-refractivity contribution in [2.24, 2.45) is 0 Å². The molecule has 0 aromatic carbocycles. The van der Waals surface area contributed by atoms with E-state index in [0.717, 1.165) is 5.70 Å². The van der Waals surface area contributed by atoms with Crippen LogP contribution in [0.15, 0.2) is 11.9 Å². The van der Waals surface area contributed by atoms with Crippen molar-refractivity contribution in [1.82, 2.24) is 14.7 Å². The first-order valence-electron chi connectivity index (χ1n) is 4.29. The lowest BCUT2D eigenvalue weighted by Gasteiger charge is -2.33. The lowest BCUT2D eigenvalue weighted by atomic mass is 10.3. The third kappa shape index (κ3) is 1.67. The Balaban J connectivity index is 2.85. The van der Waals surface area contributed by atoms with Gasteiger partial charge >= 0.3 is 0 Å². The van der Waals surface area contributed by atoms with Crippen molar-refractivity contribution >= 4 is 5.78 Å². The molecule has 74 valence electrons. The fourth-order valence-electron chi connectivity index (χ4n) is 1.80. The Labute approximate surface area is 79.4 Å². The molecule has 0 fully saturated rings. The predicted octanol–water partition coefficient (Wildman–Crippen LogP) is 0.139. The number of hydrogen-bond acceptors (Lipinski definition) is 4. The fourth-order valence-corrected chi connectivity index (χ4v) is 1.80. The van der Waals surface area contributed by atoms with Crippen molar-refractivity contribution in [2.45, 2.75) is 13.2 Å². The molecule has 4 nitrogen and oxygen atoms in total. The second-order valence-electron chi connectivity index (χ2n) is 3.66. The first-order valence-corrected chi connectivity index (χ1v) is 4.29. The van der Waals surface area contributed by atoms with Crippen LogP contribution in [0.4, 0.5) is 0 Å². The highest BCUT2D eigenvalue weighted by Gasteiger charge is 2.30. The maximum absolute atomic E-state index is 11.2. The molecular weight excluding hydrogens is 166 g/mol. The predicted molar refractivity (Wildman–Crippen MR) is 51.8 cm³/mol. The molecule has 1 aliphatic rings. The van der Waals surface area contributed by atoms with Crippen molar-refractivity contribution in [2.75, 3.05) is 28.2 Å². The Morgan fingerprint density at radius 2 is 2.00 bits per heavy atom. The van der Waals surface area contributed by atoms with E-state index in [4.69, 9.17) is 0 Å². The molecule has 0 aliphatic carbocycles. The topological polar surface area (TPSA) is 26.8 Å². The third-order valence-corrected chi connectivity index (χ3v) is 2.24. The number of rotatable bonds is 2. The highest BCUT2D eigenvalue weighted by molar-refractivity contribution is 5.92. The zero-order chi connectivity index (χ0) is 10.2. The molecular formula is C9H17N3O. The summed E-state index contributed by atoms with van der Waals surface area (Å²) in [6, 6.07) is 0. The van der Waals surface area contributed by atoms with E-state index in [1.165, 1.54) is 0 Å². The van der Waals surface area contributed by atoms with Crippen LogP contribution in [-0.2, 0) is 4.79 Å². The fraction of sp³-hybridized carbons (Fsp3) is 0.667. The first-order chi connectivity index (χ1) is 5.95. The quantitative estimate of drug-likeness (QED) is 0.608. The average Bonchev–Trinajstić information content (AvgIpc) is 2.26. The van der Waals surface area contributed by atoms with Gasteiger partial charge in [0.25, 0.3) is 0 Å². The number of nitrogens with zero attached hydrogens (tertiary/aromatic N) is 3. The highest BCUT2D eigenvalue weighted by atomic mass is 16.1. The van der Waals surface area contributed by atoms with E-state index in [1.807, 2.05) is 44.2 Å². The molecule has 1 rings (SSSR count). The summed E-state index contributed by atoms with van der Waals surface area (Å²) in [5.74, 6) is 0.110. The van der Waals surface area contributed by atoms with Gasteiger partial charge in [0.05, 0.1) is 5.70 Å². The van der Waals surface area contributed by atoms with Crippen molar-refractivity contribution in [3.63, 3.8) is 0 Å². The second kappa shape index (κ2) is 3.38. The van der Waals surface area contributed by atoms with Crippen LogP contribution in [0, 0.1) is 0 Å². The first kappa shape index (κ1) is 10.1. The van der Waals surface area contributed by atoms with Crippen LogP contribution < -0.4 is 0 Å². The molecule has 0 radical (unpaired) electrons. The van der Waals surface area contributed by atoms with E-state index in [1.54, 1.807) is 6.92 Å². The Hall–Kier alpha value is -1.03. The van der Waals surface area contributed by atoms with Crippen LogP contribution in [0.2, 0.25) is 0 Å². The molecule has 1 aliphatic heterocycles. The van der Waals surface area contributed by atoms with Gasteiger partial charge in [0.15, 0.2) is 12.1 Å². The summed E-state index contributed by atoms with van der Waals surface area (Å²) < 4.78 is 0. The summed E-state index contributed by atoms with van der Waals surface area (Å²) in [7, 11) is 7.89. The van der Waals surface area contributed by atoms with Gasteiger partial charge in [-0.3, -0.25) is 9.69 Å². The van der Waals surface area contributed by atoms with E-state index in [-0.39, 0.29) is 12.1 Å².